The summed E-state index contributed by atoms with van der Waals surface area (Å²) >= 11 is 0. The zero-order valence-electron chi connectivity index (χ0n) is 17.6. The van der Waals surface area contributed by atoms with Crippen LogP contribution in [0.4, 0.5) is 10.1 Å². The maximum absolute atomic E-state index is 13.9. The molecule has 2 heterocycles. The highest BCUT2D eigenvalue weighted by atomic mass is 19.1. The van der Waals surface area contributed by atoms with E-state index in [-0.39, 0.29) is 17.8 Å². The molecule has 4 aromatic rings. The number of aryl methyl sites for hydroxylation is 1. The number of rotatable bonds is 8. The molecule has 0 atom stereocenters. The third kappa shape index (κ3) is 4.45. The first kappa shape index (κ1) is 21.5. The number of benzene rings is 2. The number of methoxy groups -OCH3 is 1. The van der Waals surface area contributed by atoms with Gasteiger partial charge in [-0.25, -0.2) is 9.37 Å². The van der Waals surface area contributed by atoms with Crippen molar-refractivity contribution in [3.05, 3.63) is 83.3 Å². The summed E-state index contributed by atoms with van der Waals surface area (Å²) in [6.07, 6.45) is 3.93. The summed E-state index contributed by atoms with van der Waals surface area (Å²) in [7, 11) is 1.61. The fraction of sp³-hybridized carbons (Fsp3) is 0.208. The number of ether oxygens (including phenoxy) is 1. The van der Waals surface area contributed by atoms with Gasteiger partial charge in [-0.1, -0.05) is 42.5 Å². The van der Waals surface area contributed by atoms with E-state index in [1.807, 2.05) is 30.3 Å². The van der Waals surface area contributed by atoms with E-state index < -0.39 is 11.7 Å². The lowest BCUT2D eigenvalue weighted by Crippen LogP contribution is -2.25. The largest absolute Gasteiger partial charge is 0.385 e. The predicted octanol–water partition coefficient (Wildman–Crippen LogP) is 3.68. The van der Waals surface area contributed by atoms with E-state index in [1.165, 1.54) is 23.0 Å². The zero-order valence-corrected chi connectivity index (χ0v) is 17.6. The molecule has 7 nitrogen and oxygen atoms in total. The Kier molecular flexibility index (Phi) is 6.42. The molecule has 0 unspecified atom stereocenters. The Labute approximate surface area is 184 Å². The maximum Gasteiger partial charge on any atom is 0.277 e. The van der Waals surface area contributed by atoms with Crippen LogP contribution in [0.3, 0.4) is 0 Å². The SMILES string of the molecule is COCCCn1cnc2c(-c3ccccc3)cn(CC(=O)Nc3ccccc3F)c2c1=O. The molecule has 0 fully saturated rings. The first-order chi connectivity index (χ1) is 15.6. The van der Waals surface area contributed by atoms with Crippen molar-refractivity contribution in [2.24, 2.45) is 0 Å². The van der Waals surface area contributed by atoms with Crippen LogP contribution in [-0.2, 0) is 22.6 Å². The molecule has 164 valence electrons. The minimum absolute atomic E-state index is 0.0901. The number of hydrogen-bond donors (Lipinski definition) is 1. The lowest BCUT2D eigenvalue weighted by Gasteiger charge is -2.09. The third-order valence-electron chi connectivity index (χ3n) is 5.14. The van der Waals surface area contributed by atoms with Gasteiger partial charge in [0.1, 0.15) is 23.4 Å². The second-order valence-electron chi connectivity index (χ2n) is 7.35. The van der Waals surface area contributed by atoms with Crippen molar-refractivity contribution in [3.8, 4) is 11.1 Å². The number of hydrogen-bond acceptors (Lipinski definition) is 4. The number of para-hydroxylation sites is 1. The molecule has 0 aliphatic rings. The van der Waals surface area contributed by atoms with Gasteiger partial charge < -0.3 is 14.6 Å². The van der Waals surface area contributed by atoms with Crippen LogP contribution in [0.15, 0.2) is 71.9 Å². The van der Waals surface area contributed by atoms with Gasteiger partial charge in [-0.3, -0.25) is 14.2 Å². The fourth-order valence-corrected chi connectivity index (χ4v) is 3.62. The van der Waals surface area contributed by atoms with E-state index in [2.05, 4.69) is 10.3 Å². The Morgan fingerprint density at radius 2 is 1.84 bits per heavy atom. The average molecular weight is 434 g/mol. The Bertz CT molecular complexity index is 1300. The summed E-state index contributed by atoms with van der Waals surface area (Å²) in [5.41, 5.74) is 2.32. The number of nitrogens with one attached hydrogen (secondary N) is 1. The van der Waals surface area contributed by atoms with Crippen molar-refractivity contribution in [3.63, 3.8) is 0 Å². The van der Waals surface area contributed by atoms with Crippen LogP contribution in [-0.4, -0.2) is 33.7 Å². The summed E-state index contributed by atoms with van der Waals surface area (Å²) < 4.78 is 22.1. The Morgan fingerprint density at radius 3 is 2.59 bits per heavy atom. The quantitative estimate of drug-likeness (QED) is 0.429. The average Bonchev–Trinajstić information content (AvgIpc) is 3.16. The van der Waals surface area contributed by atoms with E-state index in [1.54, 1.807) is 30.0 Å². The van der Waals surface area contributed by atoms with E-state index in [4.69, 9.17) is 4.74 Å². The number of anilines is 1. The first-order valence-corrected chi connectivity index (χ1v) is 10.3. The smallest absolute Gasteiger partial charge is 0.277 e. The molecule has 0 radical (unpaired) electrons. The molecule has 2 aromatic carbocycles. The molecule has 4 rings (SSSR count). The number of aromatic nitrogens is 3. The summed E-state index contributed by atoms with van der Waals surface area (Å²) in [5, 5.41) is 2.57. The van der Waals surface area contributed by atoms with Crippen molar-refractivity contribution >= 4 is 22.6 Å². The van der Waals surface area contributed by atoms with E-state index in [9.17, 15) is 14.0 Å². The first-order valence-electron chi connectivity index (χ1n) is 10.3. The van der Waals surface area contributed by atoms with E-state index in [0.29, 0.717) is 30.6 Å². The number of amides is 1. The molecule has 8 heteroatoms. The van der Waals surface area contributed by atoms with Crippen molar-refractivity contribution in [2.45, 2.75) is 19.5 Å². The molecule has 0 saturated carbocycles. The minimum atomic E-state index is -0.523. The van der Waals surface area contributed by atoms with Crippen molar-refractivity contribution in [1.82, 2.24) is 14.1 Å². The van der Waals surface area contributed by atoms with Gasteiger partial charge in [-0.05, 0) is 24.1 Å². The molecule has 0 aliphatic heterocycles. The normalized spacial score (nSPS) is 11.1. The van der Waals surface area contributed by atoms with Gasteiger partial charge in [0.2, 0.25) is 5.91 Å². The second-order valence-corrected chi connectivity index (χ2v) is 7.35. The van der Waals surface area contributed by atoms with Crippen LogP contribution in [0.5, 0.6) is 0 Å². The van der Waals surface area contributed by atoms with Crippen LogP contribution in [0.1, 0.15) is 6.42 Å². The van der Waals surface area contributed by atoms with E-state index in [0.717, 1.165) is 11.1 Å². The van der Waals surface area contributed by atoms with Crippen LogP contribution >= 0.6 is 0 Å². The van der Waals surface area contributed by atoms with Gasteiger partial charge in [0.25, 0.3) is 5.56 Å². The monoisotopic (exact) mass is 434 g/mol. The number of carbonyl (C=O) groups excluding carboxylic acids is 1. The van der Waals surface area contributed by atoms with Gasteiger partial charge in [0.05, 0.1) is 12.0 Å². The number of nitrogens with zero attached hydrogens (tertiary/aromatic N) is 3. The molecule has 2 aromatic heterocycles. The highest BCUT2D eigenvalue weighted by Crippen LogP contribution is 2.27. The van der Waals surface area contributed by atoms with Gasteiger partial charge in [-0.15, -0.1) is 0 Å². The Balaban J connectivity index is 1.74. The highest BCUT2D eigenvalue weighted by molar-refractivity contribution is 5.95. The molecule has 32 heavy (non-hydrogen) atoms. The number of halogens is 1. The highest BCUT2D eigenvalue weighted by Gasteiger charge is 2.18. The van der Waals surface area contributed by atoms with Crippen molar-refractivity contribution in [2.75, 3.05) is 19.0 Å². The lowest BCUT2D eigenvalue weighted by atomic mass is 10.1. The Hall–Kier alpha value is -3.78. The second kappa shape index (κ2) is 9.57. The van der Waals surface area contributed by atoms with Crippen LogP contribution in [0.25, 0.3) is 22.2 Å². The van der Waals surface area contributed by atoms with E-state index >= 15 is 0 Å². The zero-order chi connectivity index (χ0) is 22.5. The molecule has 0 spiro atoms. The number of carbonyl (C=O) groups is 1. The molecule has 0 saturated heterocycles. The van der Waals surface area contributed by atoms with Gasteiger partial charge in [-0.2, -0.15) is 0 Å². The summed E-state index contributed by atoms with van der Waals surface area (Å²) in [6, 6.07) is 15.5. The fourth-order valence-electron chi connectivity index (χ4n) is 3.62. The van der Waals surface area contributed by atoms with Gasteiger partial charge >= 0.3 is 0 Å². The lowest BCUT2D eigenvalue weighted by molar-refractivity contribution is -0.116. The van der Waals surface area contributed by atoms with Crippen molar-refractivity contribution in [1.29, 1.82) is 0 Å². The Morgan fingerprint density at radius 1 is 1.09 bits per heavy atom. The van der Waals surface area contributed by atoms with Crippen LogP contribution in [0, 0.1) is 5.82 Å². The van der Waals surface area contributed by atoms with Crippen LogP contribution in [0.2, 0.25) is 0 Å². The number of fused-ring (bicyclic) bond motifs is 1. The van der Waals surface area contributed by atoms with Crippen LogP contribution < -0.4 is 10.9 Å². The van der Waals surface area contributed by atoms with Gasteiger partial charge in [0.15, 0.2) is 0 Å². The topological polar surface area (TPSA) is 78.2 Å². The molecular weight excluding hydrogens is 411 g/mol. The molecule has 0 bridgehead atoms. The predicted molar refractivity (Wildman–Crippen MR) is 121 cm³/mol. The molecule has 1 amide bonds. The standard InChI is InChI=1S/C24H23FN4O3/c1-32-13-7-12-28-16-26-22-18(17-8-3-2-4-9-17)14-29(23(22)24(28)31)15-21(30)27-20-11-6-5-10-19(20)25/h2-6,8-11,14,16H,7,12-13,15H2,1H3,(H,27,30). The molecular formula is C24H23FN4O3. The third-order valence-corrected chi connectivity index (χ3v) is 5.14. The molecule has 0 aliphatic carbocycles. The summed E-state index contributed by atoms with van der Waals surface area (Å²) in [6.45, 7) is 0.811. The van der Waals surface area contributed by atoms with Crippen molar-refractivity contribution < 1.29 is 13.9 Å². The van der Waals surface area contributed by atoms with Gasteiger partial charge in [0, 0.05) is 32.0 Å². The summed E-state index contributed by atoms with van der Waals surface area (Å²) in [4.78, 5) is 30.5. The summed E-state index contributed by atoms with van der Waals surface area (Å²) in [5.74, 6) is -0.967. The molecule has 1 N–H and O–H groups in total. The maximum atomic E-state index is 13.9. The minimum Gasteiger partial charge on any atom is -0.385 e.